The fourth-order valence-corrected chi connectivity index (χ4v) is 3.31. The van der Waals surface area contributed by atoms with E-state index in [4.69, 9.17) is 0 Å². The quantitative estimate of drug-likeness (QED) is 0.753. The van der Waals surface area contributed by atoms with Crippen molar-refractivity contribution in [3.8, 4) is 11.1 Å². The molecule has 4 rings (SSSR count). The van der Waals surface area contributed by atoms with Crippen molar-refractivity contribution in [3.05, 3.63) is 52.6 Å². The highest BCUT2D eigenvalue weighted by molar-refractivity contribution is 5.83. The van der Waals surface area contributed by atoms with Crippen LogP contribution in [0.3, 0.4) is 0 Å². The van der Waals surface area contributed by atoms with E-state index in [-0.39, 0.29) is 5.56 Å². The standard InChI is InChI=1S/C17H17N3O/c21-17-9-13(8-16(19-17)11-3-1-2-4-11)12-5-6-15-14(7-12)10-18-20-15/h5-11H,1-4H2,(H,18,20)(H,19,21). The Bertz CT molecular complexity index is 840. The van der Waals surface area contributed by atoms with Gasteiger partial charge in [0.1, 0.15) is 0 Å². The van der Waals surface area contributed by atoms with Crippen LogP contribution < -0.4 is 5.56 Å². The maximum absolute atomic E-state index is 12.0. The summed E-state index contributed by atoms with van der Waals surface area (Å²) < 4.78 is 0. The summed E-state index contributed by atoms with van der Waals surface area (Å²) in [6.45, 7) is 0. The topological polar surface area (TPSA) is 61.5 Å². The summed E-state index contributed by atoms with van der Waals surface area (Å²) in [5, 5.41) is 8.05. The van der Waals surface area contributed by atoms with Crippen molar-refractivity contribution in [1.29, 1.82) is 0 Å². The lowest BCUT2D eigenvalue weighted by atomic mass is 9.98. The molecule has 0 bridgehead atoms. The van der Waals surface area contributed by atoms with Crippen LogP contribution in [0.25, 0.3) is 22.0 Å². The van der Waals surface area contributed by atoms with Gasteiger partial charge in [-0.1, -0.05) is 18.9 Å². The molecule has 4 heteroatoms. The van der Waals surface area contributed by atoms with Gasteiger partial charge in [0.15, 0.2) is 0 Å². The van der Waals surface area contributed by atoms with Crippen molar-refractivity contribution in [2.24, 2.45) is 0 Å². The molecular weight excluding hydrogens is 262 g/mol. The molecule has 0 atom stereocenters. The van der Waals surface area contributed by atoms with E-state index in [0.717, 1.165) is 27.7 Å². The third-order valence-electron chi connectivity index (χ3n) is 4.43. The molecule has 0 aliphatic heterocycles. The van der Waals surface area contributed by atoms with Crippen LogP contribution in [0.2, 0.25) is 0 Å². The van der Waals surface area contributed by atoms with Gasteiger partial charge >= 0.3 is 0 Å². The Kier molecular flexibility index (Phi) is 2.88. The predicted octanol–water partition coefficient (Wildman–Crippen LogP) is 3.58. The van der Waals surface area contributed by atoms with Crippen LogP contribution in [-0.2, 0) is 0 Å². The van der Waals surface area contributed by atoms with Gasteiger partial charge in [0.05, 0.1) is 11.7 Å². The predicted molar refractivity (Wildman–Crippen MR) is 83.4 cm³/mol. The highest BCUT2D eigenvalue weighted by atomic mass is 16.1. The lowest BCUT2D eigenvalue weighted by molar-refractivity contribution is 0.694. The summed E-state index contributed by atoms with van der Waals surface area (Å²) in [6, 6.07) is 9.94. The molecule has 1 aliphatic carbocycles. The molecule has 2 heterocycles. The maximum Gasteiger partial charge on any atom is 0.248 e. The number of H-pyrrole nitrogens is 2. The van der Waals surface area contributed by atoms with E-state index in [1.54, 1.807) is 6.07 Å². The number of hydrogen-bond donors (Lipinski definition) is 2. The largest absolute Gasteiger partial charge is 0.326 e. The summed E-state index contributed by atoms with van der Waals surface area (Å²) in [5.41, 5.74) is 4.14. The first-order valence-electron chi connectivity index (χ1n) is 7.47. The molecule has 2 aromatic heterocycles. The molecule has 0 unspecified atom stereocenters. The lowest BCUT2D eigenvalue weighted by Gasteiger charge is -2.11. The Hall–Kier alpha value is -2.36. The summed E-state index contributed by atoms with van der Waals surface area (Å²) in [4.78, 5) is 15.0. The van der Waals surface area contributed by atoms with E-state index >= 15 is 0 Å². The summed E-state index contributed by atoms with van der Waals surface area (Å²) in [7, 11) is 0. The molecule has 3 aromatic rings. The minimum atomic E-state index is -0.0123. The number of rotatable bonds is 2. The number of pyridine rings is 1. The number of hydrogen-bond acceptors (Lipinski definition) is 2. The number of nitrogens with zero attached hydrogens (tertiary/aromatic N) is 1. The van der Waals surface area contributed by atoms with E-state index in [0.29, 0.717) is 5.92 Å². The highest BCUT2D eigenvalue weighted by Gasteiger charge is 2.18. The summed E-state index contributed by atoms with van der Waals surface area (Å²) >= 11 is 0. The zero-order chi connectivity index (χ0) is 14.2. The van der Waals surface area contributed by atoms with Crippen molar-refractivity contribution >= 4 is 10.9 Å². The van der Waals surface area contributed by atoms with Crippen LogP contribution in [0.15, 0.2) is 41.3 Å². The van der Waals surface area contributed by atoms with Gasteiger partial charge in [-0.3, -0.25) is 9.89 Å². The van der Waals surface area contributed by atoms with Crippen molar-refractivity contribution in [1.82, 2.24) is 15.2 Å². The lowest BCUT2D eigenvalue weighted by Crippen LogP contribution is -2.10. The molecule has 1 aromatic carbocycles. The Balaban J connectivity index is 1.81. The molecule has 1 saturated carbocycles. The minimum absolute atomic E-state index is 0.0123. The molecule has 21 heavy (non-hydrogen) atoms. The second-order valence-electron chi connectivity index (χ2n) is 5.84. The molecular formula is C17H17N3O. The Morgan fingerprint density at radius 2 is 1.90 bits per heavy atom. The molecule has 0 saturated heterocycles. The molecule has 106 valence electrons. The Labute approximate surface area is 122 Å². The van der Waals surface area contributed by atoms with E-state index in [1.807, 2.05) is 18.3 Å². The molecule has 0 spiro atoms. The second kappa shape index (κ2) is 4.88. The first kappa shape index (κ1) is 12.4. The number of nitrogens with one attached hydrogen (secondary N) is 2. The van der Waals surface area contributed by atoms with Crippen molar-refractivity contribution in [3.63, 3.8) is 0 Å². The first-order valence-corrected chi connectivity index (χ1v) is 7.47. The van der Waals surface area contributed by atoms with Crippen LogP contribution in [0.4, 0.5) is 0 Å². The van der Waals surface area contributed by atoms with Crippen LogP contribution in [0.1, 0.15) is 37.3 Å². The SMILES string of the molecule is O=c1cc(-c2ccc3[nH]ncc3c2)cc(C2CCCC2)[nH]1. The van der Waals surface area contributed by atoms with Gasteiger partial charge in [-0.15, -0.1) is 0 Å². The Morgan fingerprint density at radius 1 is 1.05 bits per heavy atom. The summed E-state index contributed by atoms with van der Waals surface area (Å²) in [5.74, 6) is 0.510. The van der Waals surface area contributed by atoms with Crippen molar-refractivity contribution < 1.29 is 0 Å². The van der Waals surface area contributed by atoms with Crippen LogP contribution in [0, 0.1) is 0 Å². The van der Waals surface area contributed by atoms with Gasteiger partial charge in [0.2, 0.25) is 5.56 Å². The average Bonchev–Trinajstić information content (AvgIpc) is 3.17. The smallest absolute Gasteiger partial charge is 0.248 e. The van der Waals surface area contributed by atoms with Crippen LogP contribution in [-0.4, -0.2) is 15.2 Å². The van der Waals surface area contributed by atoms with Crippen LogP contribution >= 0.6 is 0 Å². The monoisotopic (exact) mass is 279 g/mol. The van der Waals surface area contributed by atoms with E-state index in [9.17, 15) is 4.79 Å². The average molecular weight is 279 g/mol. The summed E-state index contributed by atoms with van der Waals surface area (Å²) in [6.07, 6.45) is 6.69. The molecule has 0 radical (unpaired) electrons. The van der Waals surface area contributed by atoms with E-state index < -0.39 is 0 Å². The fourth-order valence-electron chi connectivity index (χ4n) is 3.31. The van der Waals surface area contributed by atoms with Gasteiger partial charge in [0, 0.05) is 17.1 Å². The van der Waals surface area contributed by atoms with Crippen molar-refractivity contribution in [2.75, 3.05) is 0 Å². The normalized spacial score (nSPS) is 15.8. The van der Waals surface area contributed by atoms with Gasteiger partial charge in [-0.05, 0) is 48.1 Å². The molecule has 0 amide bonds. The fraction of sp³-hybridized carbons (Fsp3) is 0.294. The minimum Gasteiger partial charge on any atom is -0.326 e. The number of benzene rings is 1. The van der Waals surface area contributed by atoms with Gasteiger partial charge in [-0.25, -0.2) is 0 Å². The molecule has 1 fully saturated rings. The highest BCUT2D eigenvalue weighted by Crippen LogP contribution is 2.34. The first-order chi connectivity index (χ1) is 10.3. The van der Waals surface area contributed by atoms with Gasteiger partial charge < -0.3 is 4.98 Å². The Morgan fingerprint density at radius 3 is 2.76 bits per heavy atom. The van der Waals surface area contributed by atoms with Gasteiger partial charge in [-0.2, -0.15) is 5.10 Å². The third kappa shape index (κ3) is 2.27. The molecule has 4 nitrogen and oxygen atoms in total. The number of fused-ring (bicyclic) bond motifs is 1. The zero-order valence-corrected chi connectivity index (χ0v) is 11.7. The van der Waals surface area contributed by atoms with E-state index in [1.165, 1.54) is 25.7 Å². The van der Waals surface area contributed by atoms with Crippen LogP contribution in [0.5, 0.6) is 0 Å². The third-order valence-corrected chi connectivity index (χ3v) is 4.43. The number of aromatic nitrogens is 3. The molecule has 1 aliphatic rings. The second-order valence-corrected chi connectivity index (χ2v) is 5.84. The van der Waals surface area contributed by atoms with Gasteiger partial charge in [0.25, 0.3) is 0 Å². The van der Waals surface area contributed by atoms with Crippen molar-refractivity contribution in [2.45, 2.75) is 31.6 Å². The zero-order valence-electron chi connectivity index (χ0n) is 11.7. The van der Waals surface area contributed by atoms with E-state index in [2.05, 4.69) is 27.3 Å². The molecule has 2 N–H and O–H groups in total. The maximum atomic E-state index is 12.0. The number of aromatic amines is 2.